The second-order valence-corrected chi connectivity index (χ2v) is 9.75. The first-order valence-electron chi connectivity index (χ1n) is 6.28. The molecule has 0 radical (unpaired) electrons. The topological polar surface area (TPSA) is 66.4 Å². The first-order valence-corrected chi connectivity index (χ1v) is 9.37. The molecule has 0 unspecified atom stereocenters. The molecule has 0 aliphatic heterocycles. The molecule has 1 fully saturated rings. The molecule has 2 N–H and O–H groups in total. The largest absolute Gasteiger partial charge is 0.389 e. The summed E-state index contributed by atoms with van der Waals surface area (Å²) in [6.07, 6.45) is 3.21. The number of halogens is 1. The van der Waals surface area contributed by atoms with Crippen LogP contribution in [0, 0.1) is 5.92 Å². The van der Waals surface area contributed by atoms with Crippen molar-refractivity contribution >= 4 is 37.3 Å². The van der Waals surface area contributed by atoms with E-state index in [2.05, 4.69) is 27.6 Å². The van der Waals surface area contributed by atoms with Crippen LogP contribution in [-0.4, -0.2) is 25.7 Å². The molecule has 1 aliphatic carbocycles. The van der Waals surface area contributed by atoms with Crippen molar-refractivity contribution in [3.8, 4) is 0 Å². The molecule has 1 heterocycles. The summed E-state index contributed by atoms with van der Waals surface area (Å²) < 4.78 is 27.7. The summed E-state index contributed by atoms with van der Waals surface area (Å²) in [7, 11) is -3.51. The van der Waals surface area contributed by atoms with Crippen molar-refractivity contribution in [2.75, 3.05) is 6.54 Å². The van der Waals surface area contributed by atoms with Gasteiger partial charge in [0.2, 0.25) is 10.0 Å². The Balaban J connectivity index is 1.98. The summed E-state index contributed by atoms with van der Waals surface area (Å²) in [6.45, 7) is 2.25. The summed E-state index contributed by atoms with van der Waals surface area (Å²) in [5, 5.41) is 10.4. The van der Waals surface area contributed by atoms with Crippen LogP contribution in [0.4, 0.5) is 0 Å². The molecule has 1 aromatic rings. The molecular formula is C12H18BrNO3S2. The van der Waals surface area contributed by atoms with E-state index in [-0.39, 0.29) is 10.8 Å². The van der Waals surface area contributed by atoms with E-state index in [1.807, 2.05) is 0 Å². The summed E-state index contributed by atoms with van der Waals surface area (Å²) in [4.78, 5) is 0. The van der Waals surface area contributed by atoms with Gasteiger partial charge in [-0.05, 0) is 59.7 Å². The van der Waals surface area contributed by atoms with Gasteiger partial charge in [-0.2, -0.15) is 0 Å². The van der Waals surface area contributed by atoms with Gasteiger partial charge in [-0.15, -0.1) is 11.3 Å². The zero-order chi connectivity index (χ0) is 14.1. The minimum atomic E-state index is -3.51. The zero-order valence-corrected chi connectivity index (χ0v) is 13.9. The van der Waals surface area contributed by atoms with Gasteiger partial charge in [-0.25, -0.2) is 13.1 Å². The van der Waals surface area contributed by atoms with Gasteiger partial charge >= 0.3 is 0 Å². The van der Waals surface area contributed by atoms with Crippen LogP contribution in [0.2, 0.25) is 0 Å². The molecule has 4 nitrogen and oxygen atoms in total. The number of rotatable bonds is 4. The maximum absolute atomic E-state index is 12.1. The first-order chi connectivity index (χ1) is 8.81. The third-order valence-electron chi connectivity index (χ3n) is 3.61. The van der Waals surface area contributed by atoms with Crippen molar-refractivity contribution in [3.05, 3.63) is 15.9 Å². The van der Waals surface area contributed by atoms with E-state index in [1.54, 1.807) is 12.1 Å². The maximum Gasteiger partial charge on any atom is 0.250 e. The van der Waals surface area contributed by atoms with Gasteiger partial charge in [0, 0.05) is 6.54 Å². The quantitative estimate of drug-likeness (QED) is 0.859. The molecule has 1 aromatic heterocycles. The molecule has 0 aromatic carbocycles. The minimum absolute atomic E-state index is 0.0948. The lowest BCUT2D eigenvalue weighted by Gasteiger charge is -2.34. The number of thiophene rings is 1. The summed E-state index contributed by atoms with van der Waals surface area (Å²) >= 11 is 4.41. The van der Waals surface area contributed by atoms with E-state index in [9.17, 15) is 13.5 Å². The van der Waals surface area contributed by atoms with Gasteiger partial charge in [0.1, 0.15) is 4.21 Å². The van der Waals surface area contributed by atoms with Crippen molar-refractivity contribution < 1.29 is 13.5 Å². The standard InChI is InChI=1S/C12H18BrNO3S2/c1-9-4-6-12(15,7-5-9)8-14-19(16,17)11-3-2-10(13)18-11/h2-3,9,14-15H,4-8H2,1H3. The molecule has 19 heavy (non-hydrogen) atoms. The SMILES string of the molecule is CC1CCC(O)(CNS(=O)(=O)c2ccc(Br)s2)CC1. The number of hydrogen-bond acceptors (Lipinski definition) is 4. The van der Waals surface area contributed by atoms with E-state index in [0.717, 1.165) is 16.6 Å². The Hall–Kier alpha value is 0.0500. The minimum Gasteiger partial charge on any atom is -0.389 e. The van der Waals surface area contributed by atoms with Crippen LogP contribution in [0.5, 0.6) is 0 Å². The van der Waals surface area contributed by atoms with Crippen molar-refractivity contribution in [2.24, 2.45) is 5.92 Å². The van der Waals surface area contributed by atoms with E-state index >= 15 is 0 Å². The Labute approximate surface area is 126 Å². The lowest BCUT2D eigenvalue weighted by atomic mass is 9.80. The van der Waals surface area contributed by atoms with Gasteiger partial charge < -0.3 is 5.11 Å². The van der Waals surface area contributed by atoms with E-state index < -0.39 is 15.6 Å². The monoisotopic (exact) mass is 367 g/mol. The third kappa shape index (κ3) is 4.01. The second-order valence-electron chi connectivity index (χ2n) is 5.29. The van der Waals surface area contributed by atoms with Crippen molar-refractivity contribution in [3.63, 3.8) is 0 Å². The lowest BCUT2D eigenvalue weighted by Crippen LogP contribution is -2.45. The smallest absolute Gasteiger partial charge is 0.250 e. The van der Waals surface area contributed by atoms with Gasteiger partial charge in [0.05, 0.1) is 9.39 Å². The first kappa shape index (κ1) is 15.4. The second kappa shape index (κ2) is 5.81. The van der Waals surface area contributed by atoms with Crippen LogP contribution in [0.25, 0.3) is 0 Å². The predicted octanol–water partition coefficient (Wildman–Crippen LogP) is 2.73. The molecule has 0 saturated heterocycles. The van der Waals surface area contributed by atoms with Gasteiger partial charge in [-0.1, -0.05) is 6.92 Å². The molecule has 1 saturated carbocycles. The number of aliphatic hydroxyl groups is 1. The fourth-order valence-electron chi connectivity index (χ4n) is 2.22. The molecule has 2 rings (SSSR count). The number of hydrogen-bond donors (Lipinski definition) is 2. The average Bonchev–Trinajstić information content (AvgIpc) is 2.79. The van der Waals surface area contributed by atoms with Crippen LogP contribution >= 0.6 is 27.3 Å². The van der Waals surface area contributed by atoms with E-state index in [1.165, 1.54) is 11.3 Å². The highest BCUT2D eigenvalue weighted by Gasteiger charge is 2.33. The molecule has 1 aliphatic rings. The fraction of sp³-hybridized carbons (Fsp3) is 0.667. The molecule has 108 valence electrons. The summed E-state index contributed by atoms with van der Waals surface area (Å²) in [5.41, 5.74) is -0.895. The highest BCUT2D eigenvalue weighted by molar-refractivity contribution is 9.11. The normalized spacial score (nSPS) is 28.5. The maximum atomic E-state index is 12.1. The highest BCUT2D eigenvalue weighted by atomic mass is 79.9. The van der Waals surface area contributed by atoms with Gasteiger partial charge in [0.25, 0.3) is 0 Å². The van der Waals surface area contributed by atoms with Gasteiger partial charge in [0.15, 0.2) is 0 Å². The van der Waals surface area contributed by atoms with E-state index in [4.69, 9.17) is 0 Å². The van der Waals surface area contributed by atoms with Crippen LogP contribution < -0.4 is 4.72 Å². The Bertz CT molecular complexity index is 533. The lowest BCUT2D eigenvalue weighted by molar-refractivity contribution is -0.00181. The molecule has 0 atom stereocenters. The van der Waals surface area contributed by atoms with E-state index in [0.29, 0.717) is 18.8 Å². The van der Waals surface area contributed by atoms with Crippen LogP contribution in [0.15, 0.2) is 20.1 Å². The Kier molecular flexibility index (Phi) is 4.72. The Morgan fingerprint density at radius 1 is 1.47 bits per heavy atom. The zero-order valence-electron chi connectivity index (χ0n) is 10.7. The van der Waals surface area contributed by atoms with Crippen molar-refractivity contribution in [2.45, 2.75) is 42.4 Å². The van der Waals surface area contributed by atoms with Crippen LogP contribution in [0.3, 0.4) is 0 Å². The molecule has 0 spiro atoms. The molecule has 7 heteroatoms. The fourth-order valence-corrected chi connectivity index (χ4v) is 5.39. The predicted molar refractivity (Wildman–Crippen MR) is 79.8 cm³/mol. The molecular weight excluding hydrogens is 350 g/mol. The molecule has 0 bridgehead atoms. The van der Waals surface area contributed by atoms with Crippen LogP contribution in [-0.2, 0) is 10.0 Å². The summed E-state index contributed by atoms with van der Waals surface area (Å²) in [6, 6.07) is 3.26. The van der Waals surface area contributed by atoms with Crippen molar-refractivity contribution in [1.82, 2.24) is 4.72 Å². The average molecular weight is 368 g/mol. The van der Waals surface area contributed by atoms with Gasteiger partial charge in [-0.3, -0.25) is 0 Å². The Morgan fingerprint density at radius 2 is 2.11 bits per heavy atom. The Morgan fingerprint density at radius 3 is 2.63 bits per heavy atom. The summed E-state index contributed by atoms with van der Waals surface area (Å²) in [5.74, 6) is 0.616. The third-order valence-corrected chi connectivity index (χ3v) is 7.13. The van der Waals surface area contributed by atoms with Crippen LogP contribution in [0.1, 0.15) is 32.6 Å². The van der Waals surface area contributed by atoms with Crippen molar-refractivity contribution in [1.29, 1.82) is 0 Å². The molecule has 0 amide bonds. The number of nitrogens with one attached hydrogen (secondary N) is 1. The number of sulfonamides is 1. The highest BCUT2D eigenvalue weighted by Crippen LogP contribution is 2.32.